The van der Waals surface area contributed by atoms with Gasteiger partial charge in [0.2, 0.25) is 0 Å². The van der Waals surface area contributed by atoms with Crippen molar-refractivity contribution in [2.24, 2.45) is 0 Å². The minimum absolute atomic E-state index is 0.00424. The molecule has 3 nitrogen and oxygen atoms in total. The second-order valence-corrected chi connectivity index (χ2v) is 3.98. The molecule has 0 fully saturated rings. The Bertz CT molecular complexity index is 439. The largest absolute Gasteiger partial charge is 0.492 e. The molecule has 0 unspecified atom stereocenters. The molecular formula is C13H15ClO3. The molecule has 0 aliphatic rings. The molecule has 1 N–H and O–H groups in total. The normalized spacial score (nSPS) is 10.8. The zero-order chi connectivity index (χ0) is 12.8. The second kappa shape index (κ2) is 6.30. The van der Waals surface area contributed by atoms with Gasteiger partial charge in [0, 0.05) is 0 Å². The minimum Gasteiger partial charge on any atom is -0.492 e. The maximum Gasteiger partial charge on any atom is 0.307 e. The summed E-state index contributed by atoms with van der Waals surface area (Å²) in [5.41, 5.74) is 1.90. The van der Waals surface area contributed by atoms with Crippen molar-refractivity contribution in [3.05, 3.63) is 34.4 Å². The highest BCUT2D eigenvalue weighted by molar-refractivity contribution is 6.32. The Kier molecular flexibility index (Phi) is 5.04. The zero-order valence-corrected chi connectivity index (χ0v) is 10.6. The van der Waals surface area contributed by atoms with E-state index < -0.39 is 5.97 Å². The van der Waals surface area contributed by atoms with Crippen LogP contribution in [0.3, 0.4) is 0 Å². The molecule has 0 aliphatic carbocycles. The molecule has 0 saturated heterocycles. The molecule has 0 aromatic heterocycles. The highest BCUT2D eigenvalue weighted by Crippen LogP contribution is 2.28. The van der Waals surface area contributed by atoms with Gasteiger partial charge in [-0.25, -0.2) is 0 Å². The maximum atomic E-state index is 10.4. The first-order valence-electron chi connectivity index (χ1n) is 5.36. The van der Waals surface area contributed by atoms with Crippen molar-refractivity contribution in [2.45, 2.75) is 20.3 Å². The molecular weight excluding hydrogens is 240 g/mol. The molecule has 0 atom stereocenters. The monoisotopic (exact) mass is 254 g/mol. The summed E-state index contributed by atoms with van der Waals surface area (Å²) in [6.07, 6.45) is 3.36. The van der Waals surface area contributed by atoms with E-state index in [-0.39, 0.29) is 6.42 Å². The third-order valence-electron chi connectivity index (χ3n) is 2.21. The van der Waals surface area contributed by atoms with Crippen LogP contribution in [0.5, 0.6) is 5.75 Å². The average molecular weight is 255 g/mol. The van der Waals surface area contributed by atoms with E-state index in [4.69, 9.17) is 21.4 Å². The molecule has 0 saturated carbocycles. The van der Waals surface area contributed by atoms with Crippen molar-refractivity contribution in [3.63, 3.8) is 0 Å². The minimum atomic E-state index is -0.851. The standard InChI is InChI=1S/C13H15ClO3/c1-3-17-12-7-9(2)10(8-11(12)14)5-4-6-13(15)16/h4-5,7-8H,3,6H2,1-2H3,(H,15,16)/b5-4+. The smallest absolute Gasteiger partial charge is 0.307 e. The van der Waals surface area contributed by atoms with Gasteiger partial charge in [-0.3, -0.25) is 4.79 Å². The molecule has 92 valence electrons. The van der Waals surface area contributed by atoms with Gasteiger partial charge in [0.15, 0.2) is 0 Å². The quantitative estimate of drug-likeness (QED) is 0.874. The van der Waals surface area contributed by atoms with Crippen LogP contribution in [0.2, 0.25) is 5.02 Å². The molecule has 1 rings (SSSR count). The first-order valence-corrected chi connectivity index (χ1v) is 5.73. The maximum absolute atomic E-state index is 10.4. The van der Waals surface area contributed by atoms with E-state index in [0.717, 1.165) is 11.1 Å². The Labute approximate surface area is 106 Å². The van der Waals surface area contributed by atoms with E-state index in [1.807, 2.05) is 19.9 Å². The fourth-order valence-electron chi connectivity index (χ4n) is 1.40. The number of rotatable bonds is 5. The molecule has 0 heterocycles. The Morgan fingerprint density at radius 1 is 1.53 bits per heavy atom. The summed E-state index contributed by atoms with van der Waals surface area (Å²) in [5.74, 6) is -0.196. The van der Waals surface area contributed by atoms with Crippen LogP contribution in [0.4, 0.5) is 0 Å². The molecule has 0 spiro atoms. The highest BCUT2D eigenvalue weighted by Gasteiger charge is 2.04. The van der Waals surface area contributed by atoms with Crippen LogP contribution in [-0.2, 0) is 4.79 Å². The number of benzene rings is 1. The van der Waals surface area contributed by atoms with Crippen molar-refractivity contribution >= 4 is 23.6 Å². The summed E-state index contributed by atoms with van der Waals surface area (Å²) in [5, 5.41) is 9.07. The Balaban J connectivity index is 2.91. The van der Waals surface area contributed by atoms with Crippen LogP contribution < -0.4 is 4.74 Å². The topological polar surface area (TPSA) is 46.5 Å². The number of carboxylic acids is 1. The van der Waals surface area contributed by atoms with E-state index in [9.17, 15) is 4.79 Å². The third kappa shape index (κ3) is 4.11. The van der Waals surface area contributed by atoms with Crippen LogP contribution >= 0.6 is 11.6 Å². The lowest BCUT2D eigenvalue weighted by molar-refractivity contribution is -0.135. The van der Waals surface area contributed by atoms with Gasteiger partial charge in [-0.1, -0.05) is 23.8 Å². The van der Waals surface area contributed by atoms with Crippen LogP contribution in [0.25, 0.3) is 6.08 Å². The molecule has 0 radical (unpaired) electrons. The van der Waals surface area contributed by atoms with Gasteiger partial charge >= 0.3 is 5.97 Å². The lowest BCUT2D eigenvalue weighted by Gasteiger charge is -2.08. The molecule has 0 bridgehead atoms. The predicted octanol–water partition coefficient (Wildman–Crippen LogP) is 3.54. The van der Waals surface area contributed by atoms with Gasteiger partial charge in [0.05, 0.1) is 18.1 Å². The van der Waals surface area contributed by atoms with Crippen LogP contribution in [-0.4, -0.2) is 17.7 Å². The Morgan fingerprint density at radius 3 is 2.82 bits per heavy atom. The summed E-state index contributed by atoms with van der Waals surface area (Å²) in [4.78, 5) is 10.4. The van der Waals surface area contributed by atoms with Gasteiger partial charge in [-0.2, -0.15) is 0 Å². The van der Waals surface area contributed by atoms with Gasteiger partial charge in [-0.15, -0.1) is 0 Å². The van der Waals surface area contributed by atoms with E-state index in [1.54, 1.807) is 18.2 Å². The van der Waals surface area contributed by atoms with Crippen LogP contribution in [0.1, 0.15) is 24.5 Å². The van der Waals surface area contributed by atoms with Crippen molar-refractivity contribution in [2.75, 3.05) is 6.61 Å². The number of hydrogen-bond acceptors (Lipinski definition) is 2. The van der Waals surface area contributed by atoms with E-state index in [2.05, 4.69) is 0 Å². The first kappa shape index (κ1) is 13.6. The van der Waals surface area contributed by atoms with Crippen LogP contribution in [0, 0.1) is 6.92 Å². The van der Waals surface area contributed by atoms with Crippen LogP contribution in [0.15, 0.2) is 18.2 Å². The lowest BCUT2D eigenvalue weighted by Crippen LogP contribution is -1.94. The number of carboxylic acid groups (broad SMARTS) is 1. The third-order valence-corrected chi connectivity index (χ3v) is 2.51. The average Bonchev–Trinajstić information content (AvgIpc) is 2.24. The van der Waals surface area contributed by atoms with E-state index in [0.29, 0.717) is 17.4 Å². The van der Waals surface area contributed by atoms with Crippen molar-refractivity contribution in [1.82, 2.24) is 0 Å². The summed E-state index contributed by atoms with van der Waals surface area (Å²) in [7, 11) is 0. The number of hydrogen-bond donors (Lipinski definition) is 1. The van der Waals surface area contributed by atoms with Gasteiger partial charge in [0.1, 0.15) is 5.75 Å². The number of aliphatic carboxylic acids is 1. The number of ether oxygens (including phenoxy) is 1. The zero-order valence-electron chi connectivity index (χ0n) is 9.87. The molecule has 0 amide bonds. The molecule has 1 aromatic carbocycles. The lowest BCUT2D eigenvalue weighted by atomic mass is 10.1. The Hall–Kier alpha value is -1.48. The number of halogens is 1. The molecule has 17 heavy (non-hydrogen) atoms. The summed E-state index contributed by atoms with van der Waals surface area (Å²) in [6, 6.07) is 3.63. The van der Waals surface area contributed by atoms with Gasteiger partial charge in [-0.05, 0) is 37.1 Å². The fourth-order valence-corrected chi connectivity index (χ4v) is 1.63. The Morgan fingerprint density at radius 2 is 2.24 bits per heavy atom. The summed E-state index contributed by atoms with van der Waals surface area (Å²) < 4.78 is 5.37. The molecule has 4 heteroatoms. The molecule has 0 aliphatic heterocycles. The van der Waals surface area contributed by atoms with Crippen molar-refractivity contribution in [1.29, 1.82) is 0 Å². The molecule has 1 aromatic rings. The van der Waals surface area contributed by atoms with E-state index in [1.165, 1.54) is 0 Å². The number of carbonyl (C=O) groups is 1. The fraction of sp³-hybridized carbons (Fsp3) is 0.308. The van der Waals surface area contributed by atoms with Crippen molar-refractivity contribution in [3.8, 4) is 5.75 Å². The van der Waals surface area contributed by atoms with Gasteiger partial charge < -0.3 is 9.84 Å². The highest BCUT2D eigenvalue weighted by atomic mass is 35.5. The number of aryl methyl sites for hydroxylation is 1. The predicted molar refractivity (Wildman–Crippen MR) is 68.6 cm³/mol. The van der Waals surface area contributed by atoms with Crippen molar-refractivity contribution < 1.29 is 14.6 Å². The van der Waals surface area contributed by atoms with Gasteiger partial charge in [0.25, 0.3) is 0 Å². The summed E-state index contributed by atoms with van der Waals surface area (Å²) >= 11 is 6.05. The second-order valence-electron chi connectivity index (χ2n) is 3.57. The SMILES string of the molecule is CCOc1cc(C)c(/C=C/CC(=O)O)cc1Cl. The summed E-state index contributed by atoms with van der Waals surface area (Å²) in [6.45, 7) is 4.39. The first-order chi connectivity index (χ1) is 8.04. The van der Waals surface area contributed by atoms with E-state index >= 15 is 0 Å².